The Morgan fingerprint density at radius 2 is 2.04 bits per heavy atom. The molecule has 0 aromatic rings. The van der Waals surface area contributed by atoms with Crippen LogP contribution in [-0.2, 0) is 23.8 Å². The van der Waals surface area contributed by atoms with Gasteiger partial charge in [-0.15, -0.1) is 0 Å². The number of amides is 1. The van der Waals surface area contributed by atoms with Crippen LogP contribution in [0.3, 0.4) is 0 Å². The highest BCUT2D eigenvalue weighted by Crippen LogP contribution is 2.18. The van der Waals surface area contributed by atoms with Crippen molar-refractivity contribution in [3.63, 3.8) is 0 Å². The summed E-state index contributed by atoms with van der Waals surface area (Å²) in [4.78, 5) is 22.3. The molecule has 0 saturated heterocycles. The number of esters is 1. The summed E-state index contributed by atoms with van der Waals surface area (Å²) in [6.45, 7) is 1.98. The highest BCUT2D eigenvalue weighted by molar-refractivity contribution is 8.76. The fourth-order valence-corrected chi connectivity index (χ4v) is 3.04. The van der Waals surface area contributed by atoms with Crippen LogP contribution >= 0.6 is 21.6 Å². The molecule has 8 nitrogen and oxygen atoms in total. The first-order chi connectivity index (χ1) is 11.7. The Bertz CT molecular complexity index is 359. The molecule has 0 aromatic heterocycles. The molecule has 0 aromatic carbocycles. The smallest absolute Gasteiger partial charge is 0.305 e. The van der Waals surface area contributed by atoms with E-state index in [4.69, 9.17) is 15.2 Å². The second-order valence-corrected chi connectivity index (χ2v) is 7.04. The van der Waals surface area contributed by atoms with Crippen molar-refractivity contribution in [3.05, 3.63) is 12.5 Å². The van der Waals surface area contributed by atoms with E-state index in [0.29, 0.717) is 32.5 Å². The van der Waals surface area contributed by atoms with Crippen LogP contribution in [0.4, 0.5) is 0 Å². The van der Waals surface area contributed by atoms with E-state index in [2.05, 4.69) is 15.4 Å². The standard InChI is InChI=1S/C14H27N3O5S2/c1-20-14(19)3-2-7-21-12-22-8-5-16-11-13(18)17-6-10-24-23-9-4-15/h5,8,16H,2-4,6-7,9-12,15H2,1H3,(H,17,18). The lowest BCUT2D eigenvalue weighted by molar-refractivity contribution is -0.141. The SMILES string of the molecule is COC(=O)CCCOCOC=CNCC(=O)NCCSSCCN. The quantitative estimate of drug-likeness (QED) is 0.115. The van der Waals surface area contributed by atoms with Gasteiger partial charge in [0, 0.05) is 37.2 Å². The Labute approximate surface area is 151 Å². The Kier molecular flexibility index (Phi) is 17.4. The number of ether oxygens (including phenoxy) is 3. The van der Waals surface area contributed by atoms with Gasteiger partial charge in [-0.25, -0.2) is 0 Å². The molecule has 24 heavy (non-hydrogen) atoms. The number of rotatable bonds is 16. The van der Waals surface area contributed by atoms with Crippen LogP contribution in [0.15, 0.2) is 12.5 Å². The Morgan fingerprint density at radius 1 is 1.25 bits per heavy atom. The van der Waals surface area contributed by atoms with Crippen molar-refractivity contribution < 1.29 is 23.8 Å². The second-order valence-electron chi connectivity index (χ2n) is 4.34. The number of carbonyl (C=O) groups excluding carboxylic acids is 2. The van der Waals surface area contributed by atoms with Gasteiger partial charge in [-0.05, 0) is 6.42 Å². The first kappa shape index (κ1) is 22.9. The second kappa shape index (κ2) is 18.2. The maximum atomic E-state index is 11.5. The lowest BCUT2D eigenvalue weighted by Gasteiger charge is -2.05. The van der Waals surface area contributed by atoms with Gasteiger partial charge in [0.05, 0.1) is 20.3 Å². The van der Waals surface area contributed by atoms with Gasteiger partial charge in [0.2, 0.25) is 5.91 Å². The number of methoxy groups -OCH3 is 1. The van der Waals surface area contributed by atoms with Gasteiger partial charge in [-0.2, -0.15) is 0 Å². The van der Waals surface area contributed by atoms with Gasteiger partial charge in [0.1, 0.15) is 6.26 Å². The predicted molar refractivity (Wildman–Crippen MR) is 97.3 cm³/mol. The molecule has 10 heteroatoms. The zero-order valence-electron chi connectivity index (χ0n) is 14.0. The van der Waals surface area contributed by atoms with E-state index in [1.165, 1.54) is 19.6 Å². The summed E-state index contributed by atoms with van der Waals surface area (Å²) in [5.41, 5.74) is 5.37. The van der Waals surface area contributed by atoms with E-state index in [1.54, 1.807) is 21.6 Å². The normalized spacial score (nSPS) is 10.6. The molecular weight excluding hydrogens is 354 g/mol. The number of nitrogens with two attached hydrogens (primary N) is 1. The fourth-order valence-electron chi connectivity index (χ4n) is 1.28. The Morgan fingerprint density at radius 3 is 2.79 bits per heavy atom. The van der Waals surface area contributed by atoms with Crippen LogP contribution < -0.4 is 16.4 Å². The molecule has 0 radical (unpaired) electrons. The van der Waals surface area contributed by atoms with E-state index >= 15 is 0 Å². The minimum atomic E-state index is -0.255. The summed E-state index contributed by atoms with van der Waals surface area (Å²) >= 11 is 0. The van der Waals surface area contributed by atoms with Gasteiger partial charge in [0.25, 0.3) is 0 Å². The Balaban J connectivity index is 3.30. The van der Waals surface area contributed by atoms with Crippen LogP contribution in [-0.4, -0.2) is 63.5 Å². The molecule has 0 atom stereocenters. The third-order valence-corrected chi connectivity index (χ3v) is 4.83. The monoisotopic (exact) mass is 381 g/mol. The lowest BCUT2D eigenvalue weighted by atomic mass is 10.3. The predicted octanol–water partition coefficient (Wildman–Crippen LogP) is 0.447. The number of hydrogen-bond donors (Lipinski definition) is 3. The third kappa shape index (κ3) is 17.3. The molecule has 0 bridgehead atoms. The molecule has 1 amide bonds. The topological polar surface area (TPSA) is 112 Å². The molecule has 140 valence electrons. The van der Waals surface area contributed by atoms with Gasteiger partial charge >= 0.3 is 5.97 Å². The van der Waals surface area contributed by atoms with Gasteiger partial charge in [0.15, 0.2) is 6.79 Å². The number of nitrogens with one attached hydrogen (secondary N) is 2. The maximum Gasteiger partial charge on any atom is 0.305 e. The van der Waals surface area contributed by atoms with Crippen molar-refractivity contribution in [1.82, 2.24) is 10.6 Å². The van der Waals surface area contributed by atoms with Crippen LogP contribution in [0.5, 0.6) is 0 Å². The average Bonchev–Trinajstić information content (AvgIpc) is 2.59. The zero-order valence-corrected chi connectivity index (χ0v) is 15.6. The minimum absolute atomic E-state index is 0.0804. The summed E-state index contributed by atoms with van der Waals surface area (Å²) in [7, 11) is 4.75. The molecule has 0 aliphatic carbocycles. The van der Waals surface area contributed by atoms with Crippen molar-refractivity contribution in [1.29, 1.82) is 0 Å². The first-order valence-corrected chi connectivity index (χ1v) is 10.0. The molecule has 0 fully saturated rings. The lowest BCUT2D eigenvalue weighted by Crippen LogP contribution is -2.33. The van der Waals surface area contributed by atoms with Crippen molar-refractivity contribution in [2.24, 2.45) is 5.73 Å². The van der Waals surface area contributed by atoms with E-state index in [9.17, 15) is 9.59 Å². The fraction of sp³-hybridized carbons (Fsp3) is 0.714. The van der Waals surface area contributed by atoms with Crippen molar-refractivity contribution in [2.75, 3.05) is 51.6 Å². The summed E-state index contributed by atoms with van der Waals surface area (Å²) < 4.78 is 14.7. The maximum absolute atomic E-state index is 11.5. The molecule has 0 saturated carbocycles. The zero-order chi connectivity index (χ0) is 17.9. The van der Waals surface area contributed by atoms with Crippen molar-refractivity contribution >= 4 is 33.5 Å². The van der Waals surface area contributed by atoms with Crippen LogP contribution in [0.2, 0.25) is 0 Å². The summed E-state index contributed by atoms with van der Waals surface area (Å²) in [6.07, 6.45) is 3.85. The van der Waals surface area contributed by atoms with E-state index in [-0.39, 0.29) is 25.2 Å². The third-order valence-electron chi connectivity index (χ3n) is 2.39. The van der Waals surface area contributed by atoms with Gasteiger partial charge in [-0.1, -0.05) is 21.6 Å². The first-order valence-electron chi connectivity index (χ1n) is 7.56. The van der Waals surface area contributed by atoms with Crippen molar-refractivity contribution in [3.8, 4) is 0 Å². The van der Waals surface area contributed by atoms with Crippen molar-refractivity contribution in [2.45, 2.75) is 12.8 Å². The average molecular weight is 382 g/mol. The van der Waals surface area contributed by atoms with Gasteiger partial charge < -0.3 is 30.6 Å². The van der Waals surface area contributed by atoms with E-state index < -0.39 is 0 Å². The molecule has 0 spiro atoms. The van der Waals surface area contributed by atoms with E-state index in [1.807, 2.05) is 0 Å². The molecule has 0 heterocycles. The summed E-state index contributed by atoms with van der Waals surface area (Å²) in [5, 5.41) is 5.60. The molecule has 0 unspecified atom stereocenters. The Hall–Kier alpha value is -1.10. The highest BCUT2D eigenvalue weighted by atomic mass is 33.1. The highest BCUT2D eigenvalue weighted by Gasteiger charge is 1.99. The van der Waals surface area contributed by atoms with Crippen LogP contribution in [0.25, 0.3) is 0 Å². The molecule has 0 aliphatic rings. The minimum Gasteiger partial charge on any atom is -0.474 e. The largest absolute Gasteiger partial charge is 0.474 e. The van der Waals surface area contributed by atoms with E-state index in [0.717, 1.165) is 11.5 Å². The summed E-state index contributed by atoms with van der Waals surface area (Å²) in [5.74, 6) is 1.43. The molecule has 4 N–H and O–H groups in total. The van der Waals surface area contributed by atoms with Gasteiger partial charge in [-0.3, -0.25) is 9.59 Å². The molecule has 0 rings (SSSR count). The molecule has 0 aliphatic heterocycles. The number of carbonyl (C=O) groups is 2. The number of hydrogen-bond acceptors (Lipinski definition) is 9. The summed E-state index contributed by atoms with van der Waals surface area (Å²) in [6, 6.07) is 0. The van der Waals surface area contributed by atoms with Crippen LogP contribution in [0, 0.1) is 0 Å². The van der Waals surface area contributed by atoms with Crippen LogP contribution in [0.1, 0.15) is 12.8 Å². The molecular formula is C14H27N3O5S2.